The van der Waals surface area contributed by atoms with Crippen LogP contribution >= 0.6 is 7.82 Å². The summed E-state index contributed by atoms with van der Waals surface area (Å²) in [6.45, 7) is 2.87. The second-order valence-electron chi connectivity index (χ2n) is 9.81. The number of nitrogens with zero attached hydrogens (tertiary/aromatic N) is 2. The summed E-state index contributed by atoms with van der Waals surface area (Å²) in [7, 11) is -4.54. The Balaban J connectivity index is 1.48. The summed E-state index contributed by atoms with van der Waals surface area (Å²) in [5, 5.41) is 21.2. The van der Waals surface area contributed by atoms with Gasteiger partial charge in [-0.1, -0.05) is 43.3 Å². The van der Waals surface area contributed by atoms with Crippen LogP contribution in [0.2, 0.25) is 0 Å². The molecule has 218 valence electrons. The van der Waals surface area contributed by atoms with Crippen molar-refractivity contribution in [3.63, 3.8) is 0 Å². The van der Waals surface area contributed by atoms with Crippen LogP contribution in [0.1, 0.15) is 19.4 Å². The fraction of sp³-hybridized carbons (Fsp3) is 0.241. The molecule has 4 atom stereocenters. The Bertz CT molecular complexity index is 1510. The SMILES string of the molecule is C[C@@H](O)[C@@H]1C(=O)N2C(C(=O)OCc3ccc([N+](=O)[O-])cc3)=C(OP(=O)(Oc3ccccc3)Oc3ccccc3)[C@H](C)[C@H]12. The Hall–Kier alpha value is -4.67. The molecule has 0 bridgehead atoms. The highest BCUT2D eigenvalue weighted by molar-refractivity contribution is 7.49. The number of aliphatic hydroxyl groups is 1. The van der Waals surface area contributed by atoms with Crippen molar-refractivity contribution in [1.82, 2.24) is 4.90 Å². The minimum absolute atomic E-state index is 0.126. The molecule has 3 aromatic carbocycles. The Morgan fingerprint density at radius 3 is 2.02 bits per heavy atom. The first-order valence-corrected chi connectivity index (χ1v) is 14.5. The van der Waals surface area contributed by atoms with Gasteiger partial charge in [0.15, 0.2) is 5.70 Å². The number of phosphoric ester groups is 1. The van der Waals surface area contributed by atoms with Gasteiger partial charge in [-0.25, -0.2) is 4.79 Å². The predicted molar refractivity (Wildman–Crippen MR) is 148 cm³/mol. The molecule has 0 spiro atoms. The molecule has 3 aromatic rings. The highest BCUT2D eigenvalue weighted by atomic mass is 31.2. The summed E-state index contributed by atoms with van der Waals surface area (Å²) in [5.74, 6) is -2.82. The van der Waals surface area contributed by atoms with Crippen LogP contribution in [0.15, 0.2) is 96.4 Å². The lowest BCUT2D eigenvalue weighted by Crippen LogP contribution is -2.63. The van der Waals surface area contributed by atoms with E-state index in [0.29, 0.717) is 5.56 Å². The van der Waals surface area contributed by atoms with E-state index in [9.17, 15) is 29.4 Å². The summed E-state index contributed by atoms with van der Waals surface area (Å²) in [4.78, 5) is 38.1. The van der Waals surface area contributed by atoms with Gasteiger partial charge in [0.25, 0.3) is 5.69 Å². The van der Waals surface area contributed by atoms with Gasteiger partial charge in [0.05, 0.1) is 23.0 Å². The number of benzene rings is 3. The number of nitro groups is 1. The number of aliphatic hydroxyl groups excluding tert-OH is 1. The fourth-order valence-corrected chi connectivity index (χ4v) is 6.33. The maximum absolute atomic E-state index is 14.2. The minimum Gasteiger partial charge on any atom is -0.456 e. The van der Waals surface area contributed by atoms with E-state index in [2.05, 4.69) is 0 Å². The molecule has 12 nitrogen and oxygen atoms in total. The molecule has 1 saturated heterocycles. The topological polar surface area (TPSA) is 155 Å². The van der Waals surface area contributed by atoms with Crippen molar-refractivity contribution in [3.8, 4) is 11.5 Å². The summed E-state index contributed by atoms with van der Waals surface area (Å²) < 4.78 is 37.0. The molecule has 0 aromatic heterocycles. The number of hydrogen-bond acceptors (Lipinski definition) is 10. The van der Waals surface area contributed by atoms with E-state index in [0.717, 1.165) is 0 Å². The maximum Gasteiger partial charge on any atom is 0.646 e. The van der Waals surface area contributed by atoms with Gasteiger partial charge in [0, 0.05) is 18.1 Å². The molecular formula is C29H27N2O10P. The van der Waals surface area contributed by atoms with E-state index in [1.165, 1.54) is 36.1 Å². The average molecular weight is 595 g/mol. The Kier molecular flexibility index (Phi) is 8.02. The number of non-ortho nitro benzene ring substituents is 1. The fourth-order valence-electron chi connectivity index (χ4n) is 4.96. The number of phosphoric acid groups is 1. The number of carbonyl (C=O) groups excluding carboxylic acids is 2. The molecule has 2 aliphatic rings. The molecular weight excluding hydrogens is 567 g/mol. The van der Waals surface area contributed by atoms with Crippen LogP contribution in [-0.2, 0) is 30.0 Å². The lowest BCUT2D eigenvalue weighted by Gasteiger charge is -2.46. The number of para-hydroxylation sites is 2. The van der Waals surface area contributed by atoms with Gasteiger partial charge in [-0.3, -0.25) is 19.8 Å². The normalized spacial score (nSPS) is 20.3. The van der Waals surface area contributed by atoms with Crippen molar-refractivity contribution in [2.75, 3.05) is 0 Å². The van der Waals surface area contributed by atoms with Crippen LogP contribution in [0.5, 0.6) is 11.5 Å². The van der Waals surface area contributed by atoms with E-state index in [1.54, 1.807) is 67.6 Å². The van der Waals surface area contributed by atoms with Crippen molar-refractivity contribution in [2.45, 2.75) is 32.6 Å². The van der Waals surface area contributed by atoms with Crippen LogP contribution in [0.25, 0.3) is 0 Å². The van der Waals surface area contributed by atoms with Gasteiger partial charge in [0.1, 0.15) is 23.9 Å². The monoisotopic (exact) mass is 594 g/mol. The van der Waals surface area contributed by atoms with E-state index in [1.807, 2.05) is 0 Å². The highest BCUT2D eigenvalue weighted by Gasteiger charge is 2.62. The molecule has 0 saturated carbocycles. The smallest absolute Gasteiger partial charge is 0.456 e. The molecule has 1 fully saturated rings. The second-order valence-corrected chi connectivity index (χ2v) is 11.3. The van der Waals surface area contributed by atoms with Gasteiger partial charge < -0.3 is 23.4 Å². The third-order valence-corrected chi connectivity index (χ3v) is 8.24. The van der Waals surface area contributed by atoms with Gasteiger partial charge in [-0.05, 0) is 48.9 Å². The molecule has 1 amide bonds. The third kappa shape index (κ3) is 5.72. The number of rotatable bonds is 11. The van der Waals surface area contributed by atoms with Gasteiger partial charge in [-0.15, -0.1) is 0 Å². The quantitative estimate of drug-likeness (QED) is 0.106. The van der Waals surface area contributed by atoms with Crippen LogP contribution in [-0.4, -0.2) is 39.0 Å². The first-order chi connectivity index (χ1) is 20.1. The number of β-lactam (4-membered cyclic amide) rings is 1. The van der Waals surface area contributed by atoms with E-state index >= 15 is 0 Å². The number of fused-ring (bicyclic) bond motifs is 1. The first kappa shape index (κ1) is 28.8. The number of amides is 1. The minimum atomic E-state index is -4.54. The predicted octanol–water partition coefficient (Wildman–Crippen LogP) is 4.99. The maximum atomic E-state index is 14.2. The molecule has 13 heteroatoms. The van der Waals surface area contributed by atoms with E-state index in [4.69, 9.17) is 18.3 Å². The van der Waals surface area contributed by atoms with Crippen LogP contribution in [0.3, 0.4) is 0 Å². The lowest BCUT2D eigenvalue weighted by atomic mass is 9.79. The summed E-state index contributed by atoms with van der Waals surface area (Å²) >= 11 is 0. The van der Waals surface area contributed by atoms with Gasteiger partial charge in [0.2, 0.25) is 5.91 Å². The summed E-state index contributed by atoms with van der Waals surface area (Å²) in [6.07, 6.45) is -1.02. The number of carbonyl (C=O) groups is 2. The zero-order chi connectivity index (χ0) is 30.0. The molecule has 0 aliphatic carbocycles. The molecule has 1 N–H and O–H groups in total. The van der Waals surface area contributed by atoms with Crippen LogP contribution < -0.4 is 9.05 Å². The molecule has 42 heavy (non-hydrogen) atoms. The lowest BCUT2D eigenvalue weighted by molar-refractivity contribution is -0.384. The van der Waals surface area contributed by atoms with Crippen molar-refractivity contribution in [3.05, 3.63) is 112 Å². The highest BCUT2D eigenvalue weighted by Crippen LogP contribution is 2.57. The zero-order valence-corrected chi connectivity index (χ0v) is 23.5. The zero-order valence-electron chi connectivity index (χ0n) is 22.6. The van der Waals surface area contributed by atoms with E-state index in [-0.39, 0.29) is 35.2 Å². The number of esters is 1. The van der Waals surface area contributed by atoms with Crippen molar-refractivity contribution < 1.29 is 42.5 Å². The van der Waals surface area contributed by atoms with Gasteiger partial charge in [-0.2, -0.15) is 4.57 Å². The summed E-state index contributed by atoms with van der Waals surface area (Å²) in [6, 6.07) is 21.1. The standard InChI is InChI=1S/C29H27N2O10P/c1-18-25-24(19(2)32)28(33)30(25)26(29(34)38-17-20-13-15-21(16-14-20)31(35)36)27(18)41-42(37,39-22-9-5-3-6-10-22)40-23-11-7-4-8-12-23/h3-16,18-19,24-25,32H,17H2,1-2H3/t18-,19-,24+,25-/m1/s1. The van der Waals surface area contributed by atoms with Gasteiger partial charge >= 0.3 is 13.8 Å². The number of nitro benzene ring substituents is 1. The first-order valence-electron chi connectivity index (χ1n) is 13.0. The van der Waals surface area contributed by atoms with Crippen LogP contribution in [0.4, 0.5) is 5.69 Å². The Morgan fingerprint density at radius 1 is 0.976 bits per heavy atom. The van der Waals surface area contributed by atoms with Crippen molar-refractivity contribution in [2.24, 2.45) is 11.8 Å². The van der Waals surface area contributed by atoms with Crippen LogP contribution in [0, 0.1) is 22.0 Å². The summed E-state index contributed by atoms with van der Waals surface area (Å²) in [5.41, 5.74) is 0.0469. The van der Waals surface area contributed by atoms with E-state index < -0.39 is 48.6 Å². The second kappa shape index (κ2) is 11.7. The number of ether oxygens (including phenoxy) is 1. The molecule has 0 unspecified atom stereocenters. The molecule has 5 rings (SSSR count). The number of hydrogen-bond donors (Lipinski definition) is 1. The molecule has 0 radical (unpaired) electrons. The Morgan fingerprint density at radius 2 is 1.52 bits per heavy atom. The largest absolute Gasteiger partial charge is 0.646 e. The average Bonchev–Trinajstić information content (AvgIpc) is 3.20. The Labute approximate surface area is 240 Å². The molecule has 2 aliphatic heterocycles. The molecule has 2 heterocycles. The van der Waals surface area contributed by atoms with Crippen molar-refractivity contribution >= 4 is 25.4 Å². The van der Waals surface area contributed by atoms with Crippen molar-refractivity contribution in [1.29, 1.82) is 0 Å². The third-order valence-electron chi connectivity index (χ3n) is 6.95.